The fourth-order valence-electron chi connectivity index (χ4n) is 1.64. The number of nitro benzene ring substituents is 1. The highest BCUT2D eigenvalue weighted by Crippen LogP contribution is 2.24. The molecule has 0 spiro atoms. The van der Waals surface area contributed by atoms with Crippen LogP contribution in [-0.2, 0) is 9.47 Å². The van der Waals surface area contributed by atoms with Crippen molar-refractivity contribution >= 4 is 11.5 Å². The number of Topliss-reactive ketones (excluding diaryl/α,β-unsaturated/α-hetero) is 1. The second kappa shape index (κ2) is 9.04. The molecule has 0 aliphatic rings. The van der Waals surface area contributed by atoms with Gasteiger partial charge in [-0.05, 0) is 19.1 Å². The minimum Gasteiger partial charge on any atom is -0.493 e. The van der Waals surface area contributed by atoms with Crippen LogP contribution in [0, 0.1) is 10.1 Å². The Kier molecular flexibility index (Phi) is 7.34. The maximum Gasteiger partial charge on any atom is 0.280 e. The Bertz CT molecular complexity index is 488. The van der Waals surface area contributed by atoms with Crippen LogP contribution in [0.5, 0.6) is 5.75 Å². The van der Waals surface area contributed by atoms with Gasteiger partial charge in [-0.3, -0.25) is 14.9 Å². The molecule has 1 aromatic rings. The van der Waals surface area contributed by atoms with Gasteiger partial charge in [-0.1, -0.05) is 0 Å². The third kappa shape index (κ3) is 5.88. The average molecular weight is 297 g/mol. The predicted molar refractivity (Wildman–Crippen MR) is 75.9 cm³/mol. The van der Waals surface area contributed by atoms with Gasteiger partial charge in [0.25, 0.3) is 5.69 Å². The van der Waals surface area contributed by atoms with Crippen molar-refractivity contribution in [1.82, 2.24) is 0 Å². The summed E-state index contributed by atoms with van der Waals surface area (Å²) in [6.45, 7) is 3.31. The van der Waals surface area contributed by atoms with Gasteiger partial charge < -0.3 is 14.2 Å². The fraction of sp³-hybridized carbons (Fsp3) is 0.500. The summed E-state index contributed by atoms with van der Waals surface area (Å²) in [5.41, 5.74) is -0.161. The van der Waals surface area contributed by atoms with Crippen LogP contribution in [0.1, 0.15) is 23.7 Å². The molecule has 0 N–H and O–H groups in total. The standard InChI is InChI=1S/C14H19NO6/c1-11(16)13-10-12(4-5-14(13)15(17)18)21-7-3-6-20-9-8-19-2/h4-5,10H,3,6-9H2,1-2H3. The molecule has 1 aromatic carbocycles. The second-order valence-electron chi connectivity index (χ2n) is 4.30. The highest BCUT2D eigenvalue weighted by Gasteiger charge is 2.17. The van der Waals surface area contributed by atoms with Crippen LogP contribution in [-0.4, -0.2) is 44.2 Å². The van der Waals surface area contributed by atoms with Crippen molar-refractivity contribution in [3.8, 4) is 5.75 Å². The lowest BCUT2D eigenvalue weighted by Gasteiger charge is -2.08. The largest absolute Gasteiger partial charge is 0.493 e. The van der Waals surface area contributed by atoms with E-state index in [2.05, 4.69) is 0 Å². The Morgan fingerprint density at radius 2 is 2.00 bits per heavy atom. The van der Waals surface area contributed by atoms with Crippen LogP contribution in [0.15, 0.2) is 18.2 Å². The smallest absolute Gasteiger partial charge is 0.280 e. The van der Waals surface area contributed by atoms with Crippen molar-refractivity contribution in [3.63, 3.8) is 0 Å². The van der Waals surface area contributed by atoms with Gasteiger partial charge in [0.05, 0.1) is 30.3 Å². The number of nitro groups is 1. The summed E-state index contributed by atoms with van der Waals surface area (Å²) in [5.74, 6) is 0.0674. The third-order valence-corrected chi connectivity index (χ3v) is 2.68. The summed E-state index contributed by atoms with van der Waals surface area (Å²) in [5, 5.41) is 10.8. The van der Waals surface area contributed by atoms with Crippen molar-refractivity contribution in [2.45, 2.75) is 13.3 Å². The van der Waals surface area contributed by atoms with Crippen molar-refractivity contribution in [2.75, 3.05) is 33.5 Å². The lowest BCUT2D eigenvalue weighted by molar-refractivity contribution is -0.385. The first kappa shape index (κ1) is 17.1. The maximum atomic E-state index is 11.4. The maximum absolute atomic E-state index is 11.4. The molecule has 0 heterocycles. The first-order chi connectivity index (χ1) is 10.1. The van der Waals surface area contributed by atoms with Crippen LogP contribution in [0.25, 0.3) is 0 Å². The van der Waals surface area contributed by atoms with E-state index >= 15 is 0 Å². The zero-order chi connectivity index (χ0) is 15.7. The number of ketones is 1. The van der Waals surface area contributed by atoms with Gasteiger partial charge in [0, 0.05) is 26.2 Å². The molecule has 1 rings (SSSR count). The van der Waals surface area contributed by atoms with Crippen molar-refractivity contribution in [2.24, 2.45) is 0 Å². The Balaban J connectivity index is 2.47. The molecule has 21 heavy (non-hydrogen) atoms. The van der Waals surface area contributed by atoms with Gasteiger partial charge in [0.1, 0.15) is 5.75 Å². The molecule has 0 aliphatic heterocycles. The van der Waals surface area contributed by atoms with Gasteiger partial charge in [-0.15, -0.1) is 0 Å². The van der Waals surface area contributed by atoms with E-state index in [4.69, 9.17) is 14.2 Å². The van der Waals surface area contributed by atoms with E-state index < -0.39 is 4.92 Å². The summed E-state index contributed by atoms with van der Waals surface area (Å²) in [7, 11) is 1.60. The molecule has 0 fully saturated rings. The molecule has 0 radical (unpaired) electrons. The van der Waals surface area contributed by atoms with Crippen LogP contribution in [0.3, 0.4) is 0 Å². The first-order valence-corrected chi connectivity index (χ1v) is 6.55. The summed E-state index contributed by atoms with van der Waals surface area (Å²) in [6, 6.07) is 4.16. The van der Waals surface area contributed by atoms with Crippen molar-refractivity contribution in [3.05, 3.63) is 33.9 Å². The number of rotatable bonds is 10. The highest BCUT2D eigenvalue weighted by molar-refractivity contribution is 5.98. The molecule has 0 amide bonds. The summed E-state index contributed by atoms with van der Waals surface area (Å²) < 4.78 is 15.6. The lowest BCUT2D eigenvalue weighted by atomic mass is 10.1. The molecule has 0 saturated carbocycles. The van der Waals surface area contributed by atoms with E-state index in [9.17, 15) is 14.9 Å². The number of ether oxygens (including phenoxy) is 3. The van der Waals surface area contributed by atoms with E-state index in [0.29, 0.717) is 38.6 Å². The Morgan fingerprint density at radius 3 is 2.62 bits per heavy atom. The molecule has 7 heteroatoms. The van der Waals surface area contributed by atoms with Crippen molar-refractivity contribution in [1.29, 1.82) is 0 Å². The van der Waals surface area contributed by atoms with Crippen molar-refractivity contribution < 1.29 is 23.9 Å². The molecule has 0 atom stereocenters. The van der Waals surface area contributed by atoms with Crippen LogP contribution in [0.2, 0.25) is 0 Å². The van der Waals surface area contributed by atoms with E-state index in [0.717, 1.165) is 0 Å². The van der Waals surface area contributed by atoms with Gasteiger partial charge in [0.15, 0.2) is 5.78 Å². The van der Waals surface area contributed by atoms with Crippen LogP contribution < -0.4 is 4.74 Å². The Morgan fingerprint density at radius 1 is 1.24 bits per heavy atom. The Labute approximate surface area is 123 Å². The number of carbonyl (C=O) groups is 1. The number of methoxy groups -OCH3 is 1. The quantitative estimate of drug-likeness (QED) is 0.285. The molecule has 0 bridgehead atoms. The average Bonchev–Trinajstić information content (AvgIpc) is 2.46. The molecule has 0 aromatic heterocycles. The summed E-state index contributed by atoms with van der Waals surface area (Å²) in [6.07, 6.45) is 0.677. The minimum atomic E-state index is -0.579. The SMILES string of the molecule is COCCOCCCOc1ccc([N+](=O)[O-])c(C(C)=O)c1. The number of benzene rings is 1. The molecular formula is C14H19NO6. The summed E-state index contributed by atoms with van der Waals surface area (Å²) in [4.78, 5) is 21.6. The van der Waals surface area contributed by atoms with Crippen LogP contribution >= 0.6 is 0 Å². The van der Waals surface area contributed by atoms with Gasteiger partial charge in [-0.2, -0.15) is 0 Å². The zero-order valence-corrected chi connectivity index (χ0v) is 12.2. The molecule has 7 nitrogen and oxygen atoms in total. The number of hydrogen-bond acceptors (Lipinski definition) is 6. The number of carbonyl (C=O) groups excluding carboxylic acids is 1. The molecule has 0 saturated heterocycles. The van der Waals surface area contributed by atoms with Gasteiger partial charge >= 0.3 is 0 Å². The molecular weight excluding hydrogens is 278 g/mol. The molecule has 116 valence electrons. The normalized spacial score (nSPS) is 10.4. The van der Waals surface area contributed by atoms with E-state index in [1.165, 1.54) is 25.1 Å². The third-order valence-electron chi connectivity index (χ3n) is 2.68. The van der Waals surface area contributed by atoms with E-state index in [-0.39, 0.29) is 17.0 Å². The number of hydrogen-bond donors (Lipinski definition) is 0. The summed E-state index contributed by atoms with van der Waals surface area (Å²) >= 11 is 0. The topological polar surface area (TPSA) is 87.9 Å². The van der Waals surface area contributed by atoms with Crippen LogP contribution in [0.4, 0.5) is 5.69 Å². The molecule has 0 unspecified atom stereocenters. The van der Waals surface area contributed by atoms with Gasteiger partial charge in [-0.25, -0.2) is 0 Å². The number of nitrogens with zero attached hydrogens (tertiary/aromatic N) is 1. The lowest BCUT2D eigenvalue weighted by Crippen LogP contribution is -2.07. The fourth-order valence-corrected chi connectivity index (χ4v) is 1.64. The highest BCUT2D eigenvalue weighted by atomic mass is 16.6. The first-order valence-electron chi connectivity index (χ1n) is 6.55. The van der Waals surface area contributed by atoms with Gasteiger partial charge in [0.2, 0.25) is 0 Å². The molecule has 0 aliphatic carbocycles. The zero-order valence-electron chi connectivity index (χ0n) is 12.2. The monoisotopic (exact) mass is 297 g/mol. The minimum absolute atomic E-state index is 0.0499. The van der Waals surface area contributed by atoms with E-state index in [1.807, 2.05) is 0 Å². The van der Waals surface area contributed by atoms with E-state index in [1.54, 1.807) is 7.11 Å². The second-order valence-corrected chi connectivity index (χ2v) is 4.30. The predicted octanol–water partition coefficient (Wildman–Crippen LogP) is 2.23. The Hall–Kier alpha value is -1.99.